The quantitative estimate of drug-likeness (QED) is 0.136. The Morgan fingerprint density at radius 1 is 1.16 bits per heavy atom. The van der Waals surface area contributed by atoms with Crippen molar-refractivity contribution in [1.82, 2.24) is 34.8 Å². The number of hydrogen-bond acceptors (Lipinski definition) is 9. The summed E-state index contributed by atoms with van der Waals surface area (Å²) in [5.74, 6) is 1.01. The van der Waals surface area contributed by atoms with E-state index in [9.17, 15) is 9.59 Å². The summed E-state index contributed by atoms with van der Waals surface area (Å²) in [5.41, 5.74) is 4.50. The SMILES string of the molecule is CSc1ncc(-c2ccccc2CNc2cc(NC3CC3)n3ncc(/C=C4/C(=O)NC(=O)N4C)c3n2)cn1. The number of benzene rings is 1. The topological polar surface area (TPSA) is 129 Å². The Morgan fingerprint density at radius 2 is 1.95 bits per heavy atom. The Hall–Kier alpha value is -4.45. The molecule has 6 rings (SSSR count). The number of aromatic nitrogens is 5. The summed E-state index contributed by atoms with van der Waals surface area (Å²) in [6.45, 7) is 0.525. The summed E-state index contributed by atoms with van der Waals surface area (Å²) < 4.78 is 1.73. The first kappa shape index (κ1) is 23.9. The van der Waals surface area contributed by atoms with Gasteiger partial charge in [-0.15, -0.1) is 0 Å². The molecule has 2 fully saturated rings. The van der Waals surface area contributed by atoms with Crippen LogP contribution in [0.1, 0.15) is 24.0 Å². The largest absolute Gasteiger partial charge is 0.367 e. The maximum Gasteiger partial charge on any atom is 0.328 e. The van der Waals surface area contributed by atoms with Crippen LogP contribution in [0.2, 0.25) is 0 Å². The maximum absolute atomic E-state index is 12.3. The van der Waals surface area contributed by atoms with E-state index in [0.29, 0.717) is 29.6 Å². The van der Waals surface area contributed by atoms with E-state index in [-0.39, 0.29) is 5.70 Å². The van der Waals surface area contributed by atoms with Gasteiger partial charge in [0.15, 0.2) is 10.8 Å². The van der Waals surface area contributed by atoms with Crippen LogP contribution in [-0.4, -0.2) is 60.7 Å². The van der Waals surface area contributed by atoms with Crippen LogP contribution in [-0.2, 0) is 11.3 Å². The van der Waals surface area contributed by atoms with Crippen LogP contribution < -0.4 is 16.0 Å². The average Bonchev–Trinajstić information content (AvgIpc) is 3.61. The summed E-state index contributed by atoms with van der Waals surface area (Å²) in [5, 5.41) is 14.5. The van der Waals surface area contributed by atoms with Crippen molar-refractivity contribution >= 4 is 47.1 Å². The van der Waals surface area contributed by atoms with Gasteiger partial charge in [0.05, 0.1) is 6.20 Å². The van der Waals surface area contributed by atoms with Crippen LogP contribution in [0.4, 0.5) is 16.4 Å². The molecule has 0 spiro atoms. The lowest BCUT2D eigenvalue weighted by molar-refractivity contribution is -0.115. The van der Waals surface area contributed by atoms with Gasteiger partial charge in [-0.25, -0.2) is 19.7 Å². The number of nitrogens with zero attached hydrogens (tertiary/aromatic N) is 6. The zero-order valence-electron chi connectivity index (χ0n) is 20.8. The molecule has 2 aliphatic rings. The lowest BCUT2D eigenvalue weighted by Gasteiger charge is -2.14. The van der Waals surface area contributed by atoms with Gasteiger partial charge in [-0.05, 0) is 36.3 Å². The molecular weight excluding hydrogens is 502 g/mol. The Labute approximate surface area is 222 Å². The van der Waals surface area contributed by atoms with Crippen LogP contribution in [0, 0.1) is 0 Å². The highest BCUT2D eigenvalue weighted by atomic mass is 32.2. The molecule has 0 unspecified atom stereocenters. The minimum absolute atomic E-state index is 0.241. The molecule has 12 heteroatoms. The van der Waals surface area contributed by atoms with Crippen molar-refractivity contribution in [2.75, 3.05) is 23.9 Å². The van der Waals surface area contributed by atoms with Gasteiger partial charge in [0, 0.05) is 49.2 Å². The van der Waals surface area contributed by atoms with Crippen molar-refractivity contribution < 1.29 is 9.59 Å². The van der Waals surface area contributed by atoms with Crippen molar-refractivity contribution in [2.24, 2.45) is 0 Å². The number of anilines is 2. The fourth-order valence-electron chi connectivity index (χ4n) is 4.23. The first-order valence-corrected chi connectivity index (χ1v) is 13.4. The van der Waals surface area contributed by atoms with E-state index in [2.05, 4.69) is 43.1 Å². The van der Waals surface area contributed by atoms with Gasteiger partial charge < -0.3 is 10.6 Å². The Kier molecular flexibility index (Phi) is 6.16. The fraction of sp³-hybridized carbons (Fsp3) is 0.231. The third-order valence-corrected chi connectivity index (χ3v) is 7.01. The van der Waals surface area contributed by atoms with Gasteiger partial charge in [0.1, 0.15) is 17.3 Å². The van der Waals surface area contributed by atoms with E-state index < -0.39 is 11.9 Å². The van der Waals surface area contributed by atoms with Crippen molar-refractivity contribution in [3.8, 4) is 11.1 Å². The molecule has 3 amide bonds. The number of rotatable bonds is 8. The zero-order chi connectivity index (χ0) is 26.2. The number of urea groups is 1. The predicted octanol–water partition coefficient (Wildman–Crippen LogP) is 3.62. The number of carbonyl (C=O) groups excluding carboxylic acids is 2. The second kappa shape index (κ2) is 9.78. The summed E-state index contributed by atoms with van der Waals surface area (Å²) in [7, 11) is 1.55. The van der Waals surface area contributed by atoms with Crippen molar-refractivity contribution in [3.63, 3.8) is 0 Å². The second-order valence-corrected chi connectivity index (χ2v) is 9.87. The lowest BCUT2D eigenvalue weighted by Crippen LogP contribution is -2.24. The molecule has 1 aromatic carbocycles. The third kappa shape index (κ3) is 4.65. The molecule has 1 saturated heterocycles. The highest BCUT2D eigenvalue weighted by Crippen LogP contribution is 2.29. The highest BCUT2D eigenvalue weighted by Gasteiger charge is 2.30. The van der Waals surface area contributed by atoms with Gasteiger partial charge in [0.25, 0.3) is 5.91 Å². The number of amides is 3. The van der Waals surface area contributed by atoms with Crippen molar-refractivity contribution in [2.45, 2.75) is 30.6 Å². The minimum Gasteiger partial charge on any atom is -0.367 e. The number of carbonyl (C=O) groups is 2. The van der Waals surface area contributed by atoms with E-state index >= 15 is 0 Å². The molecule has 1 saturated carbocycles. The molecule has 3 N–H and O–H groups in total. The Morgan fingerprint density at radius 3 is 2.66 bits per heavy atom. The molecule has 3 aromatic heterocycles. The van der Waals surface area contributed by atoms with Gasteiger partial charge in [0.2, 0.25) is 0 Å². The number of likely N-dealkylation sites (N-methyl/N-ethyl adjacent to an activating group) is 1. The van der Waals surface area contributed by atoms with Gasteiger partial charge in [-0.1, -0.05) is 36.0 Å². The minimum atomic E-state index is -0.462. The van der Waals surface area contributed by atoms with Crippen LogP contribution in [0.5, 0.6) is 0 Å². The molecule has 4 aromatic rings. The number of imide groups is 1. The normalized spacial score (nSPS) is 16.4. The van der Waals surface area contributed by atoms with Crippen molar-refractivity contribution in [3.05, 3.63) is 65.7 Å². The molecule has 38 heavy (non-hydrogen) atoms. The molecule has 192 valence electrons. The summed E-state index contributed by atoms with van der Waals surface area (Å²) in [6.07, 6.45) is 11.1. The van der Waals surface area contributed by atoms with Crippen LogP contribution in [0.3, 0.4) is 0 Å². The van der Waals surface area contributed by atoms with Crippen molar-refractivity contribution in [1.29, 1.82) is 0 Å². The molecule has 11 nitrogen and oxygen atoms in total. The molecule has 1 aliphatic heterocycles. The predicted molar refractivity (Wildman–Crippen MR) is 145 cm³/mol. The number of hydrogen-bond donors (Lipinski definition) is 3. The monoisotopic (exact) mass is 527 g/mol. The average molecular weight is 528 g/mol. The summed E-state index contributed by atoms with van der Waals surface area (Å²) in [4.78, 5) is 39.1. The second-order valence-electron chi connectivity index (χ2n) is 9.10. The molecule has 4 heterocycles. The maximum atomic E-state index is 12.3. The number of fused-ring (bicyclic) bond motifs is 1. The molecule has 0 bridgehead atoms. The molecule has 0 atom stereocenters. The zero-order valence-corrected chi connectivity index (χ0v) is 21.6. The van der Waals surface area contributed by atoms with E-state index in [4.69, 9.17) is 4.98 Å². The number of thioether (sulfide) groups is 1. The lowest BCUT2D eigenvalue weighted by atomic mass is 10.0. The molecular formula is C26H25N9O2S. The van der Waals surface area contributed by atoms with Crippen LogP contribution in [0.15, 0.2) is 59.8 Å². The first-order chi connectivity index (χ1) is 18.5. The Balaban J connectivity index is 1.33. The van der Waals surface area contributed by atoms with E-state index in [0.717, 1.165) is 40.5 Å². The third-order valence-electron chi connectivity index (χ3n) is 6.44. The molecule has 1 aliphatic carbocycles. The van der Waals surface area contributed by atoms with Gasteiger partial charge in [-0.2, -0.15) is 9.61 Å². The van der Waals surface area contributed by atoms with E-state index in [1.54, 1.807) is 23.8 Å². The highest BCUT2D eigenvalue weighted by molar-refractivity contribution is 7.98. The standard InChI is InChI=1S/C26H25N9O2S/c1-34-20(24(36)33-26(34)37)9-16-14-30-35-22(31-18-7-8-18)10-21(32-23(16)35)27-11-15-5-3-4-6-19(15)17-12-28-25(38-2)29-13-17/h3-6,9-10,12-14,18,31H,7-8,11H2,1-2H3,(H,27,32)(H,33,36,37)/b20-9-. The van der Waals surface area contributed by atoms with Gasteiger partial charge >= 0.3 is 6.03 Å². The summed E-state index contributed by atoms with van der Waals surface area (Å²) >= 11 is 1.51. The van der Waals surface area contributed by atoms with E-state index in [1.807, 2.05) is 36.8 Å². The Bertz CT molecular complexity index is 1580. The number of nitrogens with one attached hydrogen (secondary N) is 3. The van der Waals surface area contributed by atoms with E-state index in [1.165, 1.54) is 16.7 Å². The van der Waals surface area contributed by atoms with Crippen LogP contribution in [0.25, 0.3) is 22.9 Å². The van der Waals surface area contributed by atoms with Gasteiger partial charge in [-0.3, -0.25) is 15.0 Å². The van der Waals surface area contributed by atoms with Crippen LogP contribution >= 0.6 is 11.8 Å². The summed E-state index contributed by atoms with van der Waals surface area (Å²) in [6, 6.07) is 9.98. The fourth-order valence-corrected chi connectivity index (χ4v) is 4.55. The smallest absolute Gasteiger partial charge is 0.328 e. The molecule has 0 radical (unpaired) electrons. The first-order valence-electron chi connectivity index (χ1n) is 12.1.